The van der Waals surface area contributed by atoms with Gasteiger partial charge in [0, 0.05) is 32.2 Å². The molecule has 1 aromatic carbocycles. The number of aromatic nitrogens is 1. The van der Waals surface area contributed by atoms with E-state index in [9.17, 15) is 8.42 Å². The average molecular weight is 361 g/mol. The molecule has 2 atom stereocenters. The van der Waals surface area contributed by atoms with Crippen LogP contribution in [0.25, 0.3) is 0 Å². The molecule has 2 aliphatic rings. The van der Waals surface area contributed by atoms with Crippen LogP contribution in [0.4, 0.5) is 0 Å². The summed E-state index contributed by atoms with van der Waals surface area (Å²) < 4.78 is 32.8. The summed E-state index contributed by atoms with van der Waals surface area (Å²) in [4.78, 5) is 2.62. The van der Waals surface area contributed by atoms with Gasteiger partial charge in [-0.05, 0) is 31.7 Å². The molecule has 6 nitrogen and oxygen atoms in total. The lowest BCUT2D eigenvalue weighted by molar-refractivity contribution is -0.0308. The van der Waals surface area contributed by atoms with Crippen molar-refractivity contribution < 1.29 is 12.9 Å². The van der Waals surface area contributed by atoms with Crippen LogP contribution in [-0.4, -0.2) is 48.5 Å². The second-order valence-corrected chi connectivity index (χ2v) is 8.92. The highest BCUT2D eigenvalue weighted by Gasteiger charge is 2.45. The monoisotopic (exact) mass is 361 g/mol. The fourth-order valence-electron chi connectivity index (χ4n) is 4.07. The standard InChI is InChI=1S/C18H23N3O3S/c1-13-18(14(2)24-19-13)25(22,23)21-9-8-16-11-20(17(16)12-21)10-15-6-4-3-5-7-15/h3-7,16-17H,8-12H2,1-2H3/t16-,17-/m1/s1. The average Bonchev–Trinajstić information content (AvgIpc) is 2.93. The Hall–Kier alpha value is -1.70. The second-order valence-electron chi connectivity index (χ2n) is 7.05. The zero-order valence-electron chi connectivity index (χ0n) is 14.6. The number of fused-ring (bicyclic) bond motifs is 1. The molecule has 0 radical (unpaired) electrons. The fourth-order valence-corrected chi connectivity index (χ4v) is 5.83. The number of hydrogen-bond acceptors (Lipinski definition) is 5. The van der Waals surface area contributed by atoms with Gasteiger partial charge in [-0.1, -0.05) is 35.5 Å². The van der Waals surface area contributed by atoms with Crippen LogP contribution >= 0.6 is 0 Å². The molecule has 7 heteroatoms. The van der Waals surface area contributed by atoms with Crippen LogP contribution in [-0.2, 0) is 16.6 Å². The van der Waals surface area contributed by atoms with Crippen LogP contribution in [0, 0.1) is 19.8 Å². The van der Waals surface area contributed by atoms with Crippen LogP contribution in [0.15, 0.2) is 39.8 Å². The van der Waals surface area contributed by atoms with Crippen molar-refractivity contribution in [3.05, 3.63) is 47.3 Å². The Bertz CT molecular complexity index is 843. The van der Waals surface area contributed by atoms with E-state index < -0.39 is 10.0 Å². The molecule has 3 heterocycles. The first-order valence-electron chi connectivity index (χ1n) is 8.68. The Balaban J connectivity index is 1.51. The van der Waals surface area contributed by atoms with Gasteiger partial charge >= 0.3 is 0 Å². The normalized spacial score (nSPS) is 24.7. The molecule has 2 aromatic rings. The molecule has 0 aliphatic carbocycles. The lowest BCUT2D eigenvalue weighted by Crippen LogP contribution is -2.64. The predicted octanol–water partition coefficient (Wildman–Crippen LogP) is 2.19. The van der Waals surface area contributed by atoms with E-state index in [0.717, 1.165) is 19.5 Å². The van der Waals surface area contributed by atoms with Gasteiger partial charge in [-0.3, -0.25) is 4.90 Å². The third kappa shape index (κ3) is 2.90. The topological polar surface area (TPSA) is 66.7 Å². The van der Waals surface area contributed by atoms with Crippen LogP contribution in [0.3, 0.4) is 0 Å². The maximum absolute atomic E-state index is 13.0. The Kier molecular flexibility index (Phi) is 4.17. The molecule has 0 N–H and O–H groups in total. The van der Waals surface area contributed by atoms with Crippen molar-refractivity contribution in [3.63, 3.8) is 0 Å². The van der Waals surface area contributed by atoms with E-state index in [0.29, 0.717) is 36.5 Å². The minimum Gasteiger partial charge on any atom is -0.360 e. The van der Waals surface area contributed by atoms with Crippen molar-refractivity contribution in [1.82, 2.24) is 14.4 Å². The van der Waals surface area contributed by atoms with Crippen LogP contribution in [0.1, 0.15) is 23.4 Å². The number of likely N-dealkylation sites (tertiary alicyclic amines) is 1. The number of hydrogen-bond donors (Lipinski definition) is 0. The predicted molar refractivity (Wildman–Crippen MR) is 93.5 cm³/mol. The lowest BCUT2D eigenvalue weighted by Gasteiger charge is -2.53. The van der Waals surface area contributed by atoms with Gasteiger partial charge in [0.2, 0.25) is 10.0 Å². The van der Waals surface area contributed by atoms with Gasteiger partial charge in [-0.2, -0.15) is 4.31 Å². The lowest BCUT2D eigenvalue weighted by atomic mass is 9.83. The first kappa shape index (κ1) is 16.8. The number of nitrogens with zero attached hydrogens (tertiary/aromatic N) is 3. The summed E-state index contributed by atoms with van der Waals surface area (Å²) in [5.74, 6) is 0.967. The van der Waals surface area contributed by atoms with Crippen molar-refractivity contribution >= 4 is 10.0 Å². The summed E-state index contributed by atoms with van der Waals surface area (Å²) in [6.45, 7) is 6.39. The molecule has 2 saturated heterocycles. The van der Waals surface area contributed by atoms with Crippen molar-refractivity contribution in [3.8, 4) is 0 Å². The highest BCUT2D eigenvalue weighted by molar-refractivity contribution is 7.89. The first-order valence-corrected chi connectivity index (χ1v) is 10.1. The van der Waals surface area contributed by atoms with Gasteiger partial charge in [0.25, 0.3) is 0 Å². The zero-order chi connectivity index (χ0) is 17.6. The maximum Gasteiger partial charge on any atom is 0.248 e. The van der Waals surface area contributed by atoms with Crippen LogP contribution in [0.2, 0.25) is 0 Å². The number of sulfonamides is 1. The van der Waals surface area contributed by atoms with Gasteiger partial charge in [0.1, 0.15) is 10.6 Å². The Morgan fingerprint density at radius 3 is 2.64 bits per heavy atom. The van der Waals surface area contributed by atoms with E-state index in [1.807, 2.05) is 18.2 Å². The zero-order valence-corrected chi connectivity index (χ0v) is 15.4. The van der Waals surface area contributed by atoms with Crippen molar-refractivity contribution in [1.29, 1.82) is 0 Å². The van der Waals surface area contributed by atoms with E-state index in [1.165, 1.54) is 5.56 Å². The highest BCUT2D eigenvalue weighted by Crippen LogP contribution is 2.36. The fraction of sp³-hybridized carbons (Fsp3) is 0.500. The third-order valence-corrected chi connectivity index (χ3v) is 7.53. The largest absolute Gasteiger partial charge is 0.360 e. The van der Waals surface area contributed by atoms with Gasteiger partial charge in [0.15, 0.2) is 5.76 Å². The smallest absolute Gasteiger partial charge is 0.248 e. The van der Waals surface area contributed by atoms with Crippen molar-refractivity contribution in [2.45, 2.75) is 37.8 Å². The molecule has 0 saturated carbocycles. The summed E-state index contributed by atoms with van der Waals surface area (Å²) in [5.41, 5.74) is 1.71. The molecule has 2 aliphatic heterocycles. The quantitative estimate of drug-likeness (QED) is 0.835. The van der Waals surface area contributed by atoms with E-state index in [1.54, 1.807) is 18.2 Å². The molecule has 2 fully saturated rings. The molecule has 0 unspecified atom stereocenters. The van der Waals surface area contributed by atoms with Crippen LogP contribution < -0.4 is 0 Å². The Morgan fingerprint density at radius 2 is 1.96 bits per heavy atom. The molecule has 1 aromatic heterocycles. The van der Waals surface area contributed by atoms with E-state index >= 15 is 0 Å². The number of aryl methyl sites for hydroxylation is 2. The molecule has 4 rings (SSSR count). The summed E-state index contributed by atoms with van der Waals surface area (Å²) in [6.07, 6.45) is 0.915. The molecular weight excluding hydrogens is 338 g/mol. The summed E-state index contributed by atoms with van der Waals surface area (Å²) >= 11 is 0. The minimum atomic E-state index is -3.55. The second kappa shape index (κ2) is 6.23. The number of benzene rings is 1. The highest BCUT2D eigenvalue weighted by atomic mass is 32.2. The molecular formula is C18H23N3O3S. The minimum absolute atomic E-state index is 0.236. The van der Waals surface area contributed by atoms with Gasteiger partial charge in [0.05, 0.1) is 0 Å². The van der Waals surface area contributed by atoms with Gasteiger partial charge < -0.3 is 4.52 Å². The van der Waals surface area contributed by atoms with Crippen LogP contribution in [0.5, 0.6) is 0 Å². The van der Waals surface area contributed by atoms with Gasteiger partial charge in [-0.15, -0.1) is 0 Å². The Morgan fingerprint density at radius 1 is 1.20 bits per heavy atom. The molecule has 0 amide bonds. The number of piperidine rings is 1. The summed E-state index contributed by atoms with van der Waals surface area (Å²) in [6, 6.07) is 10.6. The molecule has 25 heavy (non-hydrogen) atoms. The van der Waals surface area contributed by atoms with Crippen molar-refractivity contribution in [2.24, 2.45) is 5.92 Å². The third-order valence-electron chi connectivity index (χ3n) is 5.42. The first-order chi connectivity index (χ1) is 12.0. The molecule has 134 valence electrons. The molecule has 0 bridgehead atoms. The summed E-state index contributed by atoms with van der Waals surface area (Å²) in [5, 5.41) is 3.80. The Labute approximate surface area is 148 Å². The van der Waals surface area contributed by atoms with Gasteiger partial charge in [-0.25, -0.2) is 8.42 Å². The van der Waals surface area contributed by atoms with E-state index in [4.69, 9.17) is 4.52 Å². The SMILES string of the molecule is Cc1noc(C)c1S(=O)(=O)N1CC[C@@H]2CN(Cc3ccccc3)[C@@H]2C1. The van der Waals surface area contributed by atoms with E-state index in [-0.39, 0.29) is 4.90 Å². The number of rotatable bonds is 4. The molecule has 0 spiro atoms. The van der Waals surface area contributed by atoms with Crippen molar-refractivity contribution in [2.75, 3.05) is 19.6 Å². The summed E-state index contributed by atoms with van der Waals surface area (Å²) in [7, 11) is -3.55. The maximum atomic E-state index is 13.0. The van der Waals surface area contributed by atoms with E-state index in [2.05, 4.69) is 22.2 Å².